The molecule has 1 aromatic heterocycles. The van der Waals surface area contributed by atoms with Gasteiger partial charge in [0.05, 0.1) is 25.9 Å². The Kier molecular flexibility index (Phi) is 6.01. The van der Waals surface area contributed by atoms with Crippen LogP contribution in [-0.4, -0.2) is 55.1 Å². The van der Waals surface area contributed by atoms with Crippen molar-refractivity contribution in [3.63, 3.8) is 0 Å². The molecule has 146 valence electrons. The molecule has 0 saturated carbocycles. The van der Waals surface area contributed by atoms with E-state index in [9.17, 15) is 9.59 Å². The van der Waals surface area contributed by atoms with E-state index >= 15 is 0 Å². The predicted molar refractivity (Wildman–Crippen MR) is 104 cm³/mol. The van der Waals surface area contributed by atoms with E-state index in [1.165, 1.54) is 6.42 Å². The van der Waals surface area contributed by atoms with E-state index in [0.29, 0.717) is 23.9 Å². The molecule has 0 unspecified atom stereocenters. The fourth-order valence-corrected chi connectivity index (χ4v) is 3.60. The van der Waals surface area contributed by atoms with Gasteiger partial charge in [-0.05, 0) is 50.4 Å². The van der Waals surface area contributed by atoms with Crippen molar-refractivity contribution in [3.05, 3.63) is 23.9 Å². The van der Waals surface area contributed by atoms with Crippen LogP contribution in [-0.2, 0) is 9.53 Å². The highest BCUT2D eigenvalue weighted by atomic mass is 16.5. The molecule has 1 atom stereocenters. The first-order valence-electron chi connectivity index (χ1n) is 9.40. The van der Waals surface area contributed by atoms with Crippen LogP contribution in [0.3, 0.4) is 0 Å². The van der Waals surface area contributed by atoms with Crippen LogP contribution in [0.25, 0.3) is 10.9 Å². The first-order valence-corrected chi connectivity index (χ1v) is 9.40. The molecule has 1 aliphatic rings. The van der Waals surface area contributed by atoms with Crippen LogP contribution < -0.4 is 10.1 Å². The van der Waals surface area contributed by atoms with Crippen LogP contribution in [0.2, 0.25) is 0 Å². The molecule has 2 heterocycles. The third-order valence-corrected chi connectivity index (χ3v) is 4.86. The monoisotopic (exact) mass is 373 g/mol. The van der Waals surface area contributed by atoms with Gasteiger partial charge in [0, 0.05) is 17.4 Å². The fourth-order valence-electron chi connectivity index (χ4n) is 3.60. The average molecular weight is 373 g/mol. The van der Waals surface area contributed by atoms with Crippen LogP contribution >= 0.6 is 0 Å². The number of aromatic amines is 1. The summed E-state index contributed by atoms with van der Waals surface area (Å²) in [5.74, 6) is 0.615. The average Bonchev–Trinajstić information content (AvgIpc) is 2.99. The van der Waals surface area contributed by atoms with Crippen LogP contribution in [0.1, 0.15) is 37.2 Å². The Morgan fingerprint density at radius 3 is 2.89 bits per heavy atom. The van der Waals surface area contributed by atoms with Crippen LogP contribution in [0, 0.1) is 5.92 Å². The topological polar surface area (TPSA) is 83.7 Å². The number of ether oxygens (including phenoxy) is 2. The van der Waals surface area contributed by atoms with E-state index in [4.69, 9.17) is 9.47 Å². The number of hydrogen-bond acceptors (Lipinski definition) is 5. The summed E-state index contributed by atoms with van der Waals surface area (Å²) in [6, 6.07) is 5.42. The zero-order valence-electron chi connectivity index (χ0n) is 16.1. The van der Waals surface area contributed by atoms with Crippen molar-refractivity contribution >= 4 is 28.5 Å². The summed E-state index contributed by atoms with van der Waals surface area (Å²) in [6.45, 7) is 6.36. The first kappa shape index (κ1) is 19.2. The number of methoxy groups -OCH3 is 1. The summed E-state index contributed by atoms with van der Waals surface area (Å²) < 4.78 is 10.4. The standard InChI is InChI=1S/C20H27N3O4/c1-4-27-20(25)19-18(15-10-14(26-3)7-8-16(15)21-19)22-17(24)12-23-9-5-6-13(2)11-23/h7-8,10,13,21H,4-6,9,11-12H2,1-3H3,(H,22,24)/t13-/m0/s1. The second kappa shape index (κ2) is 8.43. The van der Waals surface area contributed by atoms with Crippen LogP contribution in [0.15, 0.2) is 18.2 Å². The molecule has 7 nitrogen and oxygen atoms in total. The maximum atomic E-state index is 12.7. The van der Waals surface area contributed by atoms with Crippen LogP contribution in [0.5, 0.6) is 5.75 Å². The Labute approximate surface area is 159 Å². The molecule has 2 N–H and O–H groups in total. The van der Waals surface area contributed by atoms with E-state index in [2.05, 4.69) is 22.1 Å². The van der Waals surface area contributed by atoms with E-state index in [1.807, 2.05) is 6.07 Å². The smallest absolute Gasteiger partial charge is 0.356 e. The number of hydrogen-bond donors (Lipinski definition) is 2. The Hall–Kier alpha value is -2.54. The van der Waals surface area contributed by atoms with Crippen molar-refractivity contribution in [1.82, 2.24) is 9.88 Å². The van der Waals surface area contributed by atoms with Crippen molar-refractivity contribution in [3.8, 4) is 5.75 Å². The normalized spacial score (nSPS) is 17.7. The first-order chi connectivity index (χ1) is 13.0. The minimum atomic E-state index is -0.491. The summed E-state index contributed by atoms with van der Waals surface area (Å²) in [4.78, 5) is 30.2. The maximum absolute atomic E-state index is 12.7. The van der Waals surface area contributed by atoms with Crippen molar-refractivity contribution in [1.29, 1.82) is 0 Å². The van der Waals surface area contributed by atoms with Gasteiger partial charge in [0.2, 0.25) is 5.91 Å². The molecule has 1 fully saturated rings. The summed E-state index contributed by atoms with van der Waals surface area (Å²) in [7, 11) is 1.58. The van der Waals surface area contributed by atoms with E-state index in [1.54, 1.807) is 26.2 Å². The van der Waals surface area contributed by atoms with Crippen LogP contribution in [0.4, 0.5) is 5.69 Å². The minimum Gasteiger partial charge on any atom is -0.497 e. The molecule has 0 spiro atoms. The number of carbonyl (C=O) groups excluding carboxylic acids is 2. The fraction of sp³-hybridized carbons (Fsp3) is 0.500. The third-order valence-electron chi connectivity index (χ3n) is 4.86. The van der Waals surface area contributed by atoms with Gasteiger partial charge in [-0.15, -0.1) is 0 Å². The lowest BCUT2D eigenvalue weighted by atomic mass is 10.0. The zero-order chi connectivity index (χ0) is 19.4. The predicted octanol–water partition coefficient (Wildman–Crippen LogP) is 3.02. The Bertz CT molecular complexity index is 830. The number of amides is 1. The summed E-state index contributed by atoms with van der Waals surface area (Å²) in [6.07, 6.45) is 2.31. The molecule has 2 aromatic rings. The number of nitrogens with zero attached hydrogens (tertiary/aromatic N) is 1. The molecule has 0 radical (unpaired) electrons. The van der Waals surface area contributed by atoms with Crippen molar-refractivity contribution in [2.24, 2.45) is 5.92 Å². The molecular formula is C20H27N3O4. The second-order valence-electron chi connectivity index (χ2n) is 7.04. The summed E-state index contributed by atoms with van der Waals surface area (Å²) in [5.41, 5.74) is 1.43. The Morgan fingerprint density at radius 2 is 2.19 bits per heavy atom. The van der Waals surface area contributed by atoms with E-state index < -0.39 is 5.97 Å². The summed E-state index contributed by atoms with van der Waals surface area (Å²) >= 11 is 0. The molecule has 0 bridgehead atoms. The number of anilines is 1. The lowest BCUT2D eigenvalue weighted by Crippen LogP contribution is -2.39. The molecule has 1 aromatic carbocycles. The quantitative estimate of drug-likeness (QED) is 0.761. The number of rotatable bonds is 6. The number of carbonyl (C=O) groups is 2. The third kappa shape index (κ3) is 4.42. The van der Waals surface area contributed by atoms with Gasteiger partial charge in [0.15, 0.2) is 0 Å². The highest BCUT2D eigenvalue weighted by Gasteiger charge is 2.23. The largest absolute Gasteiger partial charge is 0.497 e. The SMILES string of the molecule is CCOC(=O)c1[nH]c2ccc(OC)cc2c1NC(=O)CN1CCC[C@H](C)C1. The minimum absolute atomic E-state index is 0.140. The highest BCUT2D eigenvalue weighted by molar-refractivity contribution is 6.11. The molecule has 0 aliphatic carbocycles. The van der Waals surface area contributed by atoms with Gasteiger partial charge < -0.3 is 19.8 Å². The van der Waals surface area contributed by atoms with Gasteiger partial charge in [-0.1, -0.05) is 6.92 Å². The number of likely N-dealkylation sites (tertiary alicyclic amines) is 1. The van der Waals surface area contributed by atoms with E-state index in [0.717, 1.165) is 30.4 Å². The molecule has 1 amide bonds. The van der Waals surface area contributed by atoms with Gasteiger partial charge in [0.25, 0.3) is 0 Å². The van der Waals surface area contributed by atoms with Gasteiger partial charge in [-0.3, -0.25) is 9.69 Å². The molecule has 27 heavy (non-hydrogen) atoms. The van der Waals surface area contributed by atoms with Crippen molar-refractivity contribution in [2.45, 2.75) is 26.7 Å². The lowest BCUT2D eigenvalue weighted by molar-refractivity contribution is -0.117. The molecular weight excluding hydrogens is 346 g/mol. The number of H-pyrrole nitrogens is 1. The number of piperidine rings is 1. The number of fused-ring (bicyclic) bond motifs is 1. The Morgan fingerprint density at radius 1 is 1.37 bits per heavy atom. The number of esters is 1. The van der Waals surface area contributed by atoms with Gasteiger partial charge in [-0.2, -0.15) is 0 Å². The van der Waals surface area contributed by atoms with E-state index in [-0.39, 0.29) is 18.2 Å². The Balaban J connectivity index is 1.86. The molecule has 3 rings (SSSR count). The molecule has 1 saturated heterocycles. The maximum Gasteiger partial charge on any atom is 0.356 e. The van der Waals surface area contributed by atoms with Crippen molar-refractivity contribution in [2.75, 3.05) is 38.7 Å². The van der Waals surface area contributed by atoms with Gasteiger partial charge in [0.1, 0.15) is 11.4 Å². The highest BCUT2D eigenvalue weighted by Crippen LogP contribution is 2.31. The second-order valence-corrected chi connectivity index (χ2v) is 7.04. The van der Waals surface area contributed by atoms with Gasteiger partial charge >= 0.3 is 5.97 Å². The number of aromatic nitrogens is 1. The van der Waals surface area contributed by atoms with Gasteiger partial charge in [-0.25, -0.2) is 4.79 Å². The molecule has 7 heteroatoms. The molecule has 1 aliphatic heterocycles. The van der Waals surface area contributed by atoms with Crippen molar-refractivity contribution < 1.29 is 19.1 Å². The zero-order valence-corrected chi connectivity index (χ0v) is 16.1. The number of benzene rings is 1. The lowest BCUT2D eigenvalue weighted by Gasteiger charge is -2.30. The summed E-state index contributed by atoms with van der Waals surface area (Å²) in [5, 5.41) is 3.64. The number of nitrogens with one attached hydrogen (secondary N) is 2.